The van der Waals surface area contributed by atoms with E-state index in [9.17, 15) is 14.4 Å². The number of hydrogen-bond donors (Lipinski definition) is 3. The SMILES string of the molecule is CC(=O)NC1(NC(C)=O)C=CC(C(=O)O)=CC1. The van der Waals surface area contributed by atoms with E-state index in [4.69, 9.17) is 5.11 Å². The van der Waals surface area contributed by atoms with Gasteiger partial charge in [-0.05, 0) is 12.2 Å². The van der Waals surface area contributed by atoms with Gasteiger partial charge in [0.1, 0.15) is 5.66 Å². The average Bonchev–Trinajstić information content (AvgIpc) is 2.15. The summed E-state index contributed by atoms with van der Waals surface area (Å²) in [5.41, 5.74) is -0.896. The number of nitrogens with one attached hydrogen (secondary N) is 2. The van der Waals surface area contributed by atoms with Crippen molar-refractivity contribution in [1.82, 2.24) is 10.6 Å². The van der Waals surface area contributed by atoms with Crippen LogP contribution in [0.2, 0.25) is 0 Å². The number of carbonyl (C=O) groups excluding carboxylic acids is 2. The third-order valence-electron chi connectivity index (χ3n) is 2.24. The quantitative estimate of drug-likeness (QED) is 0.599. The molecule has 0 radical (unpaired) electrons. The molecule has 1 aliphatic carbocycles. The van der Waals surface area contributed by atoms with Gasteiger partial charge in [-0.1, -0.05) is 6.08 Å². The van der Waals surface area contributed by atoms with Crippen LogP contribution in [0.3, 0.4) is 0 Å². The van der Waals surface area contributed by atoms with Crippen LogP contribution in [0.4, 0.5) is 0 Å². The van der Waals surface area contributed by atoms with Crippen LogP contribution in [0.1, 0.15) is 20.3 Å². The maximum Gasteiger partial charge on any atom is 0.335 e. The zero-order chi connectivity index (χ0) is 13.1. The Morgan fingerprint density at radius 1 is 1.24 bits per heavy atom. The summed E-state index contributed by atoms with van der Waals surface area (Å²) in [6, 6.07) is 0. The highest BCUT2D eigenvalue weighted by molar-refractivity contribution is 5.90. The van der Waals surface area contributed by atoms with E-state index < -0.39 is 11.6 Å². The van der Waals surface area contributed by atoms with Crippen LogP contribution < -0.4 is 10.6 Å². The lowest BCUT2D eigenvalue weighted by molar-refractivity contribution is -0.132. The van der Waals surface area contributed by atoms with Gasteiger partial charge in [-0.3, -0.25) is 9.59 Å². The normalized spacial score (nSPS) is 16.9. The molecular weight excluding hydrogens is 224 g/mol. The molecule has 0 unspecified atom stereocenters. The van der Waals surface area contributed by atoms with Crippen LogP contribution in [-0.2, 0) is 14.4 Å². The molecule has 0 aromatic carbocycles. The van der Waals surface area contributed by atoms with E-state index in [1.807, 2.05) is 0 Å². The van der Waals surface area contributed by atoms with Crippen molar-refractivity contribution in [1.29, 1.82) is 0 Å². The first kappa shape index (κ1) is 13.0. The first-order valence-corrected chi connectivity index (χ1v) is 5.05. The minimum Gasteiger partial charge on any atom is -0.478 e. The Morgan fingerprint density at radius 2 is 1.76 bits per heavy atom. The summed E-state index contributed by atoms with van der Waals surface area (Å²) in [7, 11) is 0. The molecule has 17 heavy (non-hydrogen) atoms. The molecule has 1 rings (SSSR count). The molecule has 0 aromatic heterocycles. The van der Waals surface area contributed by atoms with Gasteiger partial charge in [0.2, 0.25) is 11.8 Å². The highest BCUT2D eigenvalue weighted by Crippen LogP contribution is 2.19. The molecule has 0 heterocycles. The molecule has 0 fully saturated rings. The number of amides is 2. The second-order valence-electron chi connectivity index (χ2n) is 3.84. The van der Waals surface area contributed by atoms with E-state index in [1.165, 1.54) is 32.1 Å². The minimum absolute atomic E-state index is 0.135. The van der Waals surface area contributed by atoms with Gasteiger partial charge >= 0.3 is 5.97 Å². The standard InChI is InChI=1S/C11H14N2O4/c1-7(14)12-11(13-8(2)15)5-3-9(4-6-11)10(16)17/h3-5H,6H2,1-2H3,(H,12,14)(H,13,15)(H,16,17). The molecule has 6 heteroatoms. The number of hydrogen-bond acceptors (Lipinski definition) is 3. The maximum atomic E-state index is 11.1. The largest absolute Gasteiger partial charge is 0.478 e. The molecule has 2 amide bonds. The summed E-state index contributed by atoms with van der Waals surface area (Å²) >= 11 is 0. The van der Waals surface area contributed by atoms with Gasteiger partial charge in [-0.15, -0.1) is 0 Å². The van der Waals surface area contributed by atoms with E-state index in [1.54, 1.807) is 0 Å². The molecule has 1 aliphatic rings. The van der Waals surface area contributed by atoms with Crippen molar-refractivity contribution in [2.75, 3.05) is 0 Å². The molecule has 0 atom stereocenters. The maximum absolute atomic E-state index is 11.1. The fraction of sp³-hybridized carbons (Fsp3) is 0.364. The molecule has 0 spiro atoms. The number of carboxylic acid groups (broad SMARTS) is 1. The average molecular weight is 238 g/mol. The third kappa shape index (κ3) is 3.44. The Kier molecular flexibility index (Phi) is 3.67. The topological polar surface area (TPSA) is 95.5 Å². The summed E-state index contributed by atoms with van der Waals surface area (Å²) in [5.74, 6) is -1.66. The molecule has 0 bridgehead atoms. The Hall–Kier alpha value is -2.11. The van der Waals surface area contributed by atoms with E-state index in [0.29, 0.717) is 0 Å². The Bertz CT molecular complexity index is 407. The molecule has 0 saturated carbocycles. The van der Waals surface area contributed by atoms with Crippen molar-refractivity contribution in [3.8, 4) is 0 Å². The predicted molar refractivity (Wildman–Crippen MR) is 59.8 cm³/mol. The summed E-state index contributed by atoms with van der Waals surface area (Å²) in [6.07, 6.45) is 4.48. The van der Waals surface area contributed by atoms with Crippen molar-refractivity contribution in [2.45, 2.75) is 25.9 Å². The summed E-state index contributed by atoms with van der Waals surface area (Å²) in [5, 5.41) is 14.0. The van der Waals surface area contributed by atoms with Crippen LogP contribution in [0.25, 0.3) is 0 Å². The van der Waals surface area contributed by atoms with Crippen LogP contribution in [0.15, 0.2) is 23.8 Å². The highest BCUT2D eigenvalue weighted by atomic mass is 16.4. The molecule has 0 aromatic rings. The lowest BCUT2D eigenvalue weighted by Gasteiger charge is -2.33. The van der Waals surface area contributed by atoms with E-state index in [2.05, 4.69) is 10.6 Å². The van der Waals surface area contributed by atoms with Gasteiger partial charge in [0.05, 0.1) is 5.57 Å². The van der Waals surface area contributed by atoms with Gasteiger partial charge in [0.15, 0.2) is 0 Å². The van der Waals surface area contributed by atoms with Gasteiger partial charge in [-0.2, -0.15) is 0 Å². The van der Waals surface area contributed by atoms with Crippen molar-refractivity contribution < 1.29 is 19.5 Å². The summed E-state index contributed by atoms with van der Waals surface area (Å²) in [4.78, 5) is 32.9. The molecule has 0 saturated heterocycles. The summed E-state index contributed by atoms with van der Waals surface area (Å²) in [6.45, 7) is 2.65. The van der Waals surface area contributed by atoms with E-state index in [0.717, 1.165) is 0 Å². The number of carboxylic acids is 1. The lowest BCUT2D eigenvalue weighted by atomic mass is 9.96. The molecule has 6 nitrogen and oxygen atoms in total. The number of aliphatic carboxylic acids is 1. The van der Waals surface area contributed by atoms with Crippen LogP contribution in [0.5, 0.6) is 0 Å². The Labute approximate surface area is 98.4 Å². The number of carbonyl (C=O) groups is 3. The smallest absolute Gasteiger partial charge is 0.335 e. The second kappa shape index (κ2) is 4.82. The molecule has 3 N–H and O–H groups in total. The van der Waals surface area contributed by atoms with Crippen LogP contribution in [0, 0.1) is 0 Å². The fourth-order valence-electron chi connectivity index (χ4n) is 1.64. The van der Waals surface area contributed by atoms with E-state index >= 15 is 0 Å². The van der Waals surface area contributed by atoms with Crippen molar-refractivity contribution in [3.63, 3.8) is 0 Å². The zero-order valence-electron chi connectivity index (χ0n) is 9.61. The van der Waals surface area contributed by atoms with Crippen molar-refractivity contribution in [3.05, 3.63) is 23.8 Å². The highest BCUT2D eigenvalue weighted by Gasteiger charge is 2.30. The molecular formula is C11H14N2O4. The lowest BCUT2D eigenvalue weighted by Crippen LogP contribution is -2.58. The first-order chi connectivity index (χ1) is 7.84. The Morgan fingerprint density at radius 3 is 2.06 bits per heavy atom. The second-order valence-corrected chi connectivity index (χ2v) is 3.84. The van der Waals surface area contributed by atoms with Crippen LogP contribution >= 0.6 is 0 Å². The zero-order valence-corrected chi connectivity index (χ0v) is 9.61. The first-order valence-electron chi connectivity index (χ1n) is 5.05. The fourth-order valence-corrected chi connectivity index (χ4v) is 1.64. The number of rotatable bonds is 3. The van der Waals surface area contributed by atoms with Gasteiger partial charge in [0.25, 0.3) is 0 Å². The van der Waals surface area contributed by atoms with Gasteiger partial charge in [-0.25, -0.2) is 4.79 Å². The van der Waals surface area contributed by atoms with Crippen molar-refractivity contribution >= 4 is 17.8 Å². The Balaban J connectivity index is 2.90. The predicted octanol–water partition coefficient (Wildman–Crippen LogP) is -0.0742. The van der Waals surface area contributed by atoms with Gasteiger partial charge < -0.3 is 15.7 Å². The monoisotopic (exact) mass is 238 g/mol. The van der Waals surface area contributed by atoms with E-state index in [-0.39, 0.29) is 23.8 Å². The van der Waals surface area contributed by atoms with Gasteiger partial charge in [0, 0.05) is 20.3 Å². The molecule has 0 aliphatic heterocycles. The third-order valence-corrected chi connectivity index (χ3v) is 2.24. The van der Waals surface area contributed by atoms with Crippen LogP contribution in [-0.4, -0.2) is 28.6 Å². The minimum atomic E-state index is -1.04. The molecule has 92 valence electrons. The van der Waals surface area contributed by atoms with Crippen molar-refractivity contribution in [2.24, 2.45) is 0 Å². The summed E-state index contributed by atoms with van der Waals surface area (Å²) < 4.78 is 0.